The molecule has 1 N–H and O–H groups in total. The molecule has 0 saturated heterocycles. The molecule has 0 fully saturated rings. The van der Waals surface area contributed by atoms with Gasteiger partial charge in [-0.25, -0.2) is 4.98 Å². The van der Waals surface area contributed by atoms with Crippen LogP contribution in [0.4, 0.5) is 5.95 Å². The fourth-order valence-corrected chi connectivity index (χ4v) is 2.48. The van der Waals surface area contributed by atoms with Crippen molar-refractivity contribution in [2.75, 3.05) is 5.32 Å². The fraction of sp³-hybridized carbons (Fsp3) is 0.235. The number of nitrogens with zero attached hydrogens (tertiary/aromatic N) is 3. The highest BCUT2D eigenvalue weighted by Gasteiger charge is 2.14. The number of hydrogen-bond donors (Lipinski definition) is 1. The van der Waals surface area contributed by atoms with Gasteiger partial charge >= 0.3 is 0 Å². The Morgan fingerprint density at radius 2 is 2.04 bits per heavy atom. The zero-order valence-corrected chi connectivity index (χ0v) is 13.1. The van der Waals surface area contributed by atoms with Gasteiger partial charge in [-0.1, -0.05) is 19.1 Å². The molecule has 0 spiro atoms. The number of fused-ring (bicyclic) bond motifs is 1. The molecular formula is C17H18N4O2. The van der Waals surface area contributed by atoms with Gasteiger partial charge in [-0.3, -0.25) is 14.9 Å². The second-order valence-corrected chi connectivity index (χ2v) is 5.39. The average molecular weight is 310 g/mol. The average Bonchev–Trinajstić information content (AvgIpc) is 2.88. The maximum atomic E-state index is 12.4. The van der Waals surface area contributed by atoms with Crippen LogP contribution >= 0.6 is 0 Å². The predicted molar refractivity (Wildman–Crippen MR) is 89.7 cm³/mol. The molecule has 3 aromatic rings. The highest BCUT2D eigenvalue weighted by atomic mass is 16.2. The molecule has 6 heteroatoms. The minimum atomic E-state index is -0.338. The first-order valence-electron chi connectivity index (χ1n) is 7.53. The summed E-state index contributed by atoms with van der Waals surface area (Å²) in [5.41, 5.74) is 1.91. The lowest BCUT2D eigenvalue weighted by molar-refractivity contribution is 0.102. The van der Waals surface area contributed by atoms with Crippen molar-refractivity contribution in [3.8, 4) is 0 Å². The number of anilines is 1. The van der Waals surface area contributed by atoms with Gasteiger partial charge in [-0.2, -0.15) is 0 Å². The van der Waals surface area contributed by atoms with Crippen molar-refractivity contribution < 1.29 is 4.79 Å². The molecule has 0 unspecified atom stereocenters. The van der Waals surface area contributed by atoms with Crippen molar-refractivity contribution in [3.05, 3.63) is 58.5 Å². The van der Waals surface area contributed by atoms with Crippen molar-refractivity contribution in [3.63, 3.8) is 0 Å². The summed E-state index contributed by atoms with van der Waals surface area (Å²) in [4.78, 5) is 28.6. The van der Waals surface area contributed by atoms with E-state index in [1.54, 1.807) is 19.3 Å². The summed E-state index contributed by atoms with van der Waals surface area (Å²) < 4.78 is 3.40. The molecule has 2 heterocycles. The van der Waals surface area contributed by atoms with Crippen LogP contribution in [0, 0.1) is 0 Å². The molecule has 0 radical (unpaired) electrons. The van der Waals surface area contributed by atoms with Gasteiger partial charge in [0.2, 0.25) is 5.95 Å². The lowest BCUT2D eigenvalue weighted by Crippen LogP contribution is -2.21. The minimum Gasteiger partial charge on any atom is -0.319 e. The number of amides is 1. The third-order valence-electron chi connectivity index (χ3n) is 3.69. The summed E-state index contributed by atoms with van der Waals surface area (Å²) in [6.07, 6.45) is 2.50. The number of benzene rings is 1. The van der Waals surface area contributed by atoms with Gasteiger partial charge in [-0.15, -0.1) is 0 Å². The molecule has 0 atom stereocenters. The summed E-state index contributed by atoms with van der Waals surface area (Å²) in [5, 5.41) is 2.81. The smallest absolute Gasteiger partial charge is 0.258 e. The number of aromatic nitrogens is 3. The van der Waals surface area contributed by atoms with Crippen molar-refractivity contribution in [1.29, 1.82) is 0 Å². The number of pyridine rings is 1. The van der Waals surface area contributed by atoms with Crippen LogP contribution in [0.2, 0.25) is 0 Å². The Morgan fingerprint density at radius 3 is 2.78 bits per heavy atom. The van der Waals surface area contributed by atoms with E-state index < -0.39 is 0 Å². The Kier molecular flexibility index (Phi) is 3.97. The highest BCUT2D eigenvalue weighted by Crippen LogP contribution is 2.20. The van der Waals surface area contributed by atoms with Crippen molar-refractivity contribution in [2.24, 2.45) is 7.05 Å². The SMILES string of the molecule is CCCn1c(NC(=O)c2ccn(C)c(=O)c2)nc2ccccc21. The lowest BCUT2D eigenvalue weighted by Gasteiger charge is -2.09. The Labute approximate surface area is 133 Å². The Morgan fingerprint density at radius 1 is 1.26 bits per heavy atom. The second kappa shape index (κ2) is 6.08. The van der Waals surface area contributed by atoms with E-state index in [0.717, 1.165) is 24.0 Å². The third-order valence-corrected chi connectivity index (χ3v) is 3.69. The number of nitrogens with one attached hydrogen (secondary N) is 1. The number of carbonyl (C=O) groups is 1. The van der Waals surface area contributed by atoms with Crippen molar-refractivity contribution in [1.82, 2.24) is 14.1 Å². The van der Waals surface area contributed by atoms with E-state index in [1.165, 1.54) is 10.6 Å². The molecule has 23 heavy (non-hydrogen) atoms. The number of aryl methyl sites for hydroxylation is 2. The molecule has 0 aliphatic heterocycles. The summed E-state index contributed by atoms with van der Waals surface area (Å²) in [6, 6.07) is 10.7. The summed E-state index contributed by atoms with van der Waals surface area (Å²) in [6.45, 7) is 2.83. The van der Waals surface area contributed by atoms with Crippen molar-refractivity contribution >= 4 is 22.9 Å². The first kappa shape index (κ1) is 15.0. The van der Waals surface area contributed by atoms with E-state index in [1.807, 2.05) is 28.8 Å². The van der Waals surface area contributed by atoms with Crippen LogP contribution in [0.15, 0.2) is 47.4 Å². The van der Waals surface area contributed by atoms with Crippen LogP contribution < -0.4 is 10.9 Å². The molecule has 6 nitrogen and oxygen atoms in total. The second-order valence-electron chi connectivity index (χ2n) is 5.39. The quantitative estimate of drug-likeness (QED) is 0.804. The van der Waals surface area contributed by atoms with Gasteiger partial charge in [0.1, 0.15) is 0 Å². The molecule has 2 aromatic heterocycles. The van der Waals surface area contributed by atoms with Gasteiger partial charge < -0.3 is 9.13 Å². The van der Waals surface area contributed by atoms with E-state index in [2.05, 4.69) is 17.2 Å². The predicted octanol–water partition coefficient (Wildman–Crippen LogP) is 2.40. The number of hydrogen-bond acceptors (Lipinski definition) is 3. The maximum Gasteiger partial charge on any atom is 0.258 e. The lowest BCUT2D eigenvalue weighted by atomic mass is 10.2. The summed E-state index contributed by atoms with van der Waals surface area (Å²) in [5.74, 6) is 0.161. The molecule has 3 rings (SSSR count). The maximum absolute atomic E-state index is 12.4. The van der Waals surface area contributed by atoms with Crippen LogP contribution in [0.25, 0.3) is 11.0 Å². The number of imidazole rings is 1. The Hall–Kier alpha value is -2.89. The fourth-order valence-electron chi connectivity index (χ4n) is 2.48. The first-order chi connectivity index (χ1) is 11.1. The zero-order chi connectivity index (χ0) is 16.4. The van der Waals surface area contributed by atoms with Crippen LogP contribution in [0.5, 0.6) is 0 Å². The van der Waals surface area contributed by atoms with E-state index in [-0.39, 0.29) is 11.5 Å². The normalized spacial score (nSPS) is 10.9. The van der Waals surface area contributed by atoms with Crippen LogP contribution in [0.3, 0.4) is 0 Å². The van der Waals surface area contributed by atoms with E-state index in [4.69, 9.17) is 0 Å². The largest absolute Gasteiger partial charge is 0.319 e. The molecule has 0 saturated carbocycles. The van der Waals surface area contributed by atoms with Gasteiger partial charge in [0.05, 0.1) is 11.0 Å². The van der Waals surface area contributed by atoms with Gasteiger partial charge in [0.25, 0.3) is 11.5 Å². The molecule has 118 valence electrons. The molecule has 1 aromatic carbocycles. The third kappa shape index (κ3) is 2.88. The van der Waals surface area contributed by atoms with Crippen LogP contribution in [0.1, 0.15) is 23.7 Å². The molecule has 0 bridgehead atoms. The van der Waals surface area contributed by atoms with E-state index in [0.29, 0.717) is 11.5 Å². The summed E-state index contributed by atoms with van der Waals surface area (Å²) in [7, 11) is 1.64. The molecular weight excluding hydrogens is 292 g/mol. The van der Waals surface area contributed by atoms with Gasteiger partial charge in [0.15, 0.2) is 0 Å². The molecule has 1 amide bonds. The standard InChI is InChI=1S/C17H18N4O2/c1-3-9-21-14-7-5-4-6-13(14)18-17(21)19-16(23)12-8-10-20(2)15(22)11-12/h4-8,10-11H,3,9H2,1-2H3,(H,18,19,23). The first-order valence-corrected chi connectivity index (χ1v) is 7.53. The monoisotopic (exact) mass is 310 g/mol. The topological polar surface area (TPSA) is 68.9 Å². The summed E-state index contributed by atoms with van der Waals surface area (Å²) >= 11 is 0. The number of para-hydroxylation sites is 2. The van der Waals surface area contributed by atoms with Crippen LogP contribution in [-0.2, 0) is 13.6 Å². The van der Waals surface area contributed by atoms with Crippen molar-refractivity contribution in [2.45, 2.75) is 19.9 Å². The number of rotatable bonds is 4. The Bertz CT molecular complexity index is 924. The van der Waals surface area contributed by atoms with Gasteiger partial charge in [-0.05, 0) is 24.6 Å². The highest BCUT2D eigenvalue weighted by molar-refractivity contribution is 6.04. The molecule has 0 aliphatic rings. The Balaban J connectivity index is 1.97. The zero-order valence-electron chi connectivity index (χ0n) is 13.1. The molecule has 0 aliphatic carbocycles. The number of carbonyl (C=O) groups excluding carboxylic acids is 1. The van der Waals surface area contributed by atoms with E-state index >= 15 is 0 Å². The minimum absolute atomic E-state index is 0.222. The van der Waals surface area contributed by atoms with E-state index in [9.17, 15) is 9.59 Å². The van der Waals surface area contributed by atoms with Gasteiger partial charge in [0, 0.05) is 31.4 Å². The van der Waals surface area contributed by atoms with Crippen LogP contribution in [-0.4, -0.2) is 20.0 Å².